The number of para-hydroxylation sites is 1. The molecule has 0 saturated carbocycles. The molecule has 0 bridgehead atoms. The third kappa shape index (κ3) is 3.87. The van der Waals surface area contributed by atoms with Crippen molar-refractivity contribution in [2.45, 2.75) is 45.1 Å². The van der Waals surface area contributed by atoms with Crippen molar-refractivity contribution in [1.82, 2.24) is 5.32 Å². The van der Waals surface area contributed by atoms with E-state index in [1.807, 2.05) is 12.1 Å². The molecule has 1 aromatic rings. The van der Waals surface area contributed by atoms with E-state index in [2.05, 4.69) is 37.4 Å². The Morgan fingerprint density at radius 3 is 3.04 bits per heavy atom. The third-order valence-electron chi connectivity index (χ3n) is 4.35. The van der Waals surface area contributed by atoms with E-state index in [-0.39, 0.29) is 17.4 Å². The standard InChI is InChI=1S/C19H25NO3/c1-19(2)13-15-9-6-10-16(17(15)23-19)22-12-11-20-18(21)14-7-4-3-5-8-14/h3-4,6,9-10,14H,5,7-8,11-13H2,1-2H3,(H,20,21). The van der Waals surface area contributed by atoms with E-state index in [0.29, 0.717) is 13.2 Å². The summed E-state index contributed by atoms with van der Waals surface area (Å²) in [5.74, 6) is 1.86. The largest absolute Gasteiger partial charge is 0.488 e. The first-order chi connectivity index (χ1) is 11.1. The molecule has 1 unspecified atom stereocenters. The quantitative estimate of drug-likeness (QED) is 0.670. The van der Waals surface area contributed by atoms with Crippen molar-refractivity contribution in [2.24, 2.45) is 5.92 Å². The van der Waals surface area contributed by atoms with E-state index in [1.165, 1.54) is 5.56 Å². The molecule has 1 aliphatic heterocycles. The van der Waals surface area contributed by atoms with Gasteiger partial charge in [0, 0.05) is 17.9 Å². The highest BCUT2D eigenvalue weighted by Crippen LogP contribution is 2.41. The number of rotatable bonds is 5. The minimum absolute atomic E-state index is 0.116. The lowest BCUT2D eigenvalue weighted by Crippen LogP contribution is -2.34. The second-order valence-electron chi connectivity index (χ2n) is 6.90. The second-order valence-corrected chi connectivity index (χ2v) is 6.90. The average Bonchev–Trinajstić information content (AvgIpc) is 2.86. The molecule has 0 saturated heterocycles. The zero-order chi connectivity index (χ0) is 16.3. The van der Waals surface area contributed by atoms with Crippen molar-refractivity contribution in [3.8, 4) is 11.5 Å². The van der Waals surface area contributed by atoms with Gasteiger partial charge in [0.25, 0.3) is 0 Å². The van der Waals surface area contributed by atoms with Crippen LogP contribution in [0.3, 0.4) is 0 Å². The normalized spacial score (nSPS) is 21.4. The van der Waals surface area contributed by atoms with Crippen LogP contribution >= 0.6 is 0 Å². The summed E-state index contributed by atoms with van der Waals surface area (Å²) in [6.45, 7) is 5.13. The molecular weight excluding hydrogens is 290 g/mol. The van der Waals surface area contributed by atoms with Crippen LogP contribution in [-0.2, 0) is 11.2 Å². The van der Waals surface area contributed by atoms with E-state index >= 15 is 0 Å². The van der Waals surface area contributed by atoms with Gasteiger partial charge in [-0.05, 0) is 39.2 Å². The van der Waals surface area contributed by atoms with Gasteiger partial charge in [0.2, 0.25) is 5.91 Å². The molecular formula is C19H25NO3. The minimum atomic E-state index is -0.176. The monoisotopic (exact) mass is 315 g/mol. The van der Waals surface area contributed by atoms with Crippen LogP contribution in [-0.4, -0.2) is 24.7 Å². The highest BCUT2D eigenvalue weighted by atomic mass is 16.5. The molecule has 4 heteroatoms. The predicted octanol–water partition coefficient (Wildman–Crippen LogP) is 3.25. The van der Waals surface area contributed by atoms with Crippen LogP contribution in [0.4, 0.5) is 0 Å². The molecule has 0 radical (unpaired) electrons. The molecule has 4 nitrogen and oxygen atoms in total. The Bertz CT molecular complexity index is 607. The lowest BCUT2D eigenvalue weighted by atomic mass is 9.94. The van der Waals surface area contributed by atoms with E-state index < -0.39 is 0 Å². The van der Waals surface area contributed by atoms with E-state index in [4.69, 9.17) is 9.47 Å². The fourth-order valence-corrected chi connectivity index (χ4v) is 3.21. The van der Waals surface area contributed by atoms with Crippen LogP contribution in [0.2, 0.25) is 0 Å². The Balaban J connectivity index is 1.48. The maximum Gasteiger partial charge on any atom is 0.223 e. The van der Waals surface area contributed by atoms with Crippen molar-refractivity contribution >= 4 is 5.91 Å². The number of benzene rings is 1. The maximum absolute atomic E-state index is 12.1. The fourth-order valence-electron chi connectivity index (χ4n) is 3.21. The zero-order valence-corrected chi connectivity index (χ0v) is 13.9. The number of ether oxygens (including phenoxy) is 2. The Morgan fingerprint density at radius 2 is 2.26 bits per heavy atom. The van der Waals surface area contributed by atoms with Crippen LogP contribution in [0, 0.1) is 5.92 Å². The fraction of sp³-hybridized carbons (Fsp3) is 0.526. The molecule has 1 amide bonds. The van der Waals surface area contributed by atoms with E-state index in [1.54, 1.807) is 0 Å². The summed E-state index contributed by atoms with van der Waals surface area (Å²) in [5.41, 5.74) is 1.01. The van der Waals surface area contributed by atoms with Crippen molar-refractivity contribution < 1.29 is 14.3 Å². The molecule has 0 aromatic heterocycles. The molecule has 1 aromatic carbocycles. The number of allylic oxidation sites excluding steroid dienone is 2. The van der Waals surface area contributed by atoms with Gasteiger partial charge < -0.3 is 14.8 Å². The maximum atomic E-state index is 12.1. The van der Waals surface area contributed by atoms with Gasteiger partial charge in [0.15, 0.2) is 11.5 Å². The molecule has 124 valence electrons. The van der Waals surface area contributed by atoms with Gasteiger partial charge in [-0.2, -0.15) is 0 Å². The summed E-state index contributed by atoms with van der Waals surface area (Å²) >= 11 is 0. The highest BCUT2D eigenvalue weighted by Gasteiger charge is 2.32. The molecule has 1 heterocycles. The first-order valence-electron chi connectivity index (χ1n) is 8.41. The molecule has 1 atom stereocenters. The average molecular weight is 315 g/mol. The summed E-state index contributed by atoms with van der Waals surface area (Å²) in [5, 5.41) is 2.97. The molecule has 1 aliphatic carbocycles. The molecule has 3 rings (SSSR count). The molecule has 0 spiro atoms. The van der Waals surface area contributed by atoms with Gasteiger partial charge in [-0.1, -0.05) is 24.3 Å². The second kappa shape index (κ2) is 6.65. The lowest BCUT2D eigenvalue weighted by molar-refractivity contribution is -0.125. The third-order valence-corrected chi connectivity index (χ3v) is 4.35. The Kier molecular flexibility index (Phi) is 4.60. The van der Waals surface area contributed by atoms with Crippen LogP contribution in [0.25, 0.3) is 0 Å². The highest BCUT2D eigenvalue weighted by molar-refractivity contribution is 5.78. The van der Waals surface area contributed by atoms with Crippen molar-refractivity contribution in [3.05, 3.63) is 35.9 Å². The Hall–Kier alpha value is -1.97. The van der Waals surface area contributed by atoms with Gasteiger partial charge >= 0.3 is 0 Å². The number of carbonyl (C=O) groups excluding carboxylic acids is 1. The molecule has 1 N–H and O–H groups in total. The van der Waals surface area contributed by atoms with Crippen LogP contribution in [0.15, 0.2) is 30.4 Å². The lowest BCUT2D eigenvalue weighted by Gasteiger charge is -2.19. The predicted molar refractivity (Wildman–Crippen MR) is 89.8 cm³/mol. The summed E-state index contributed by atoms with van der Waals surface area (Å²) in [6, 6.07) is 6.00. The summed E-state index contributed by atoms with van der Waals surface area (Å²) in [4.78, 5) is 12.1. The van der Waals surface area contributed by atoms with Crippen LogP contribution in [0.1, 0.15) is 38.7 Å². The SMILES string of the molecule is CC1(C)Cc2cccc(OCCNC(=O)C3CC=CCC3)c2O1. The Morgan fingerprint density at radius 1 is 1.39 bits per heavy atom. The van der Waals surface area contributed by atoms with Crippen molar-refractivity contribution in [1.29, 1.82) is 0 Å². The Labute approximate surface area is 137 Å². The van der Waals surface area contributed by atoms with Gasteiger partial charge in [0.05, 0.1) is 6.54 Å². The van der Waals surface area contributed by atoms with Crippen LogP contribution < -0.4 is 14.8 Å². The topological polar surface area (TPSA) is 47.6 Å². The van der Waals surface area contributed by atoms with Gasteiger partial charge in [0.1, 0.15) is 12.2 Å². The molecule has 23 heavy (non-hydrogen) atoms. The minimum Gasteiger partial charge on any atom is -0.488 e. The summed E-state index contributed by atoms with van der Waals surface area (Å²) < 4.78 is 11.8. The number of amides is 1. The van der Waals surface area contributed by atoms with Crippen molar-refractivity contribution in [2.75, 3.05) is 13.2 Å². The van der Waals surface area contributed by atoms with Gasteiger partial charge in [-0.3, -0.25) is 4.79 Å². The molecule has 0 fully saturated rings. The molecule has 2 aliphatic rings. The van der Waals surface area contributed by atoms with Gasteiger partial charge in [-0.25, -0.2) is 0 Å². The number of hydrogen-bond acceptors (Lipinski definition) is 3. The number of fused-ring (bicyclic) bond motifs is 1. The van der Waals surface area contributed by atoms with Crippen molar-refractivity contribution in [3.63, 3.8) is 0 Å². The first kappa shape index (κ1) is 15.9. The van der Waals surface area contributed by atoms with E-state index in [0.717, 1.165) is 37.2 Å². The zero-order valence-electron chi connectivity index (χ0n) is 13.9. The van der Waals surface area contributed by atoms with E-state index in [9.17, 15) is 4.79 Å². The smallest absolute Gasteiger partial charge is 0.223 e. The number of hydrogen-bond donors (Lipinski definition) is 1. The van der Waals surface area contributed by atoms with Crippen LogP contribution in [0.5, 0.6) is 11.5 Å². The number of nitrogens with one attached hydrogen (secondary N) is 1. The first-order valence-corrected chi connectivity index (χ1v) is 8.41. The number of carbonyl (C=O) groups is 1. The van der Waals surface area contributed by atoms with Gasteiger partial charge in [-0.15, -0.1) is 0 Å². The summed E-state index contributed by atoms with van der Waals surface area (Å²) in [7, 11) is 0. The summed E-state index contributed by atoms with van der Waals surface area (Å²) in [6.07, 6.45) is 7.92.